The van der Waals surface area contributed by atoms with Crippen molar-refractivity contribution in [3.05, 3.63) is 90.0 Å². The Morgan fingerprint density at radius 2 is 1.41 bits per heavy atom. The van der Waals surface area contributed by atoms with Gasteiger partial charge in [0, 0.05) is 11.4 Å². The summed E-state index contributed by atoms with van der Waals surface area (Å²) >= 11 is 0. The van der Waals surface area contributed by atoms with Gasteiger partial charge >= 0.3 is 11.8 Å². The minimum atomic E-state index is -0.721. The highest BCUT2D eigenvalue weighted by Gasteiger charge is 2.16. The summed E-state index contributed by atoms with van der Waals surface area (Å²) in [5, 5.41) is 5.29. The van der Waals surface area contributed by atoms with Gasteiger partial charge in [0.05, 0.1) is 0 Å². The zero-order chi connectivity index (χ0) is 20.6. The van der Waals surface area contributed by atoms with Crippen molar-refractivity contribution in [2.45, 2.75) is 26.4 Å². The van der Waals surface area contributed by atoms with Crippen molar-refractivity contribution in [2.24, 2.45) is 0 Å². The van der Waals surface area contributed by atoms with Crippen molar-refractivity contribution in [2.75, 3.05) is 10.6 Å². The highest BCUT2D eigenvalue weighted by atomic mass is 16.5. The third kappa shape index (κ3) is 5.69. The lowest BCUT2D eigenvalue weighted by atomic mass is 10.0. The molecule has 0 saturated heterocycles. The number of nitrogens with one attached hydrogen (secondary N) is 2. The van der Waals surface area contributed by atoms with E-state index in [1.165, 1.54) is 0 Å². The average molecular weight is 388 g/mol. The fourth-order valence-corrected chi connectivity index (χ4v) is 2.86. The molecule has 0 atom stereocenters. The fourth-order valence-electron chi connectivity index (χ4n) is 2.86. The molecule has 148 valence electrons. The number of amides is 2. The van der Waals surface area contributed by atoms with E-state index in [0.29, 0.717) is 23.7 Å². The minimum Gasteiger partial charge on any atom is -0.489 e. The molecule has 0 aromatic heterocycles. The van der Waals surface area contributed by atoms with Crippen molar-refractivity contribution < 1.29 is 14.3 Å². The third-order valence-corrected chi connectivity index (χ3v) is 4.40. The quantitative estimate of drug-likeness (QED) is 0.586. The molecule has 29 heavy (non-hydrogen) atoms. The smallest absolute Gasteiger partial charge is 0.314 e. The number of anilines is 2. The highest BCUT2D eigenvalue weighted by molar-refractivity contribution is 6.43. The zero-order valence-corrected chi connectivity index (χ0v) is 16.5. The molecule has 0 aliphatic carbocycles. The molecule has 0 bridgehead atoms. The Labute approximate surface area is 170 Å². The molecular weight excluding hydrogens is 364 g/mol. The van der Waals surface area contributed by atoms with Gasteiger partial charge in [0.15, 0.2) is 0 Å². The van der Waals surface area contributed by atoms with E-state index in [4.69, 9.17) is 4.74 Å². The van der Waals surface area contributed by atoms with Crippen LogP contribution in [0.5, 0.6) is 5.75 Å². The molecule has 0 saturated carbocycles. The monoisotopic (exact) mass is 388 g/mol. The van der Waals surface area contributed by atoms with E-state index in [2.05, 4.69) is 10.6 Å². The number of carbonyl (C=O) groups excluding carboxylic acids is 2. The van der Waals surface area contributed by atoms with E-state index in [9.17, 15) is 9.59 Å². The number of hydrogen-bond donors (Lipinski definition) is 2. The molecule has 0 heterocycles. The van der Waals surface area contributed by atoms with Crippen molar-refractivity contribution in [3.63, 3.8) is 0 Å². The predicted molar refractivity (Wildman–Crippen MR) is 115 cm³/mol. The molecule has 3 aromatic rings. The number of para-hydroxylation sites is 1. The molecule has 5 heteroatoms. The standard InChI is InChI=1S/C24H24N2O3/c1-17(2)21-10-6-7-11-22(21)26-24(28)23(27)25-19-12-14-20(15-13-19)29-16-18-8-4-3-5-9-18/h3-15,17H,16H2,1-2H3,(H,25,27)(H,26,28). The van der Waals surface area contributed by atoms with E-state index < -0.39 is 11.8 Å². The topological polar surface area (TPSA) is 67.4 Å². The van der Waals surface area contributed by atoms with Crippen molar-refractivity contribution >= 4 is 23.2 Å². The molecule has 0 fully saturated rings. The number of carbonyl (C=O) groups is 2. The first kappa shape index (κ1) is 20.1. The molecule has 0 unspecified atom stereocenters. The summed E-state index contributed by atoms with van der Waals surface area (Å²) in [7, 11) is 0. The van der Waals surface area contributed by atoms with E-state index >= 15 is 0 Å². The first-order valence-corrected chi connectivity index (χ1v) is 9.51. The maximum absolute atomic E-state index is 12.3. The highest BCUT2D eigenvalue weighted by Crippen LogP contribution is 2.23. The zero-order valence-electron chi connectivity index (χ0n) is 16.5. The largest absolute Gasteiger partial charge is 0.489 e. The Bertz CT molecular complexity index is 967. The molecule has 2 amide bonds. The second-order valence-electron chi connectivity index (χ2n) is 6.95. The SMILES string of the molecule is CC(C)c1ccccc1NC(=O)C(=O)Nc1ccc(OCc2ccccc2)cc1. The van der Waals surface area contributed by atoms with Crippen LogP contribution in [0.3, 0.4) is 0 Å². The molecule has 0 aliphatic heterocycles. The third-order valence-electron chi connectivity index (χ3n) is 4.40. The van der Waals surface area contributed by atoms with Crippen LogP contribution in [-0.2, 0) is 16.2 Å². The summed E-state index contributed by atoms with van der Waals surface area (Å²) in [6, 6.07) is 24.2. The van der Waals surface area contributed by atoms with Gasteiger partial charge in [-0.25, -0.2) is 0 Å². The van der Waals surface area contributed by atoms with Crippen molar-refractivity contribution in [1.29, 1.82) is 0 Å². The van der Waals surface area contributed by atoms with Gasteiger partial charge in [0.2, 0.25) is 0 Å². The lowest BCUT2D eigenvalue weighted by Gasteiger charge is -2.13. The lowest BCUT2D eigenvalue weighted by Crippen LogP contribution is -2.29. The molecule has 5 nitrogen and oxygen atoms in total. The molecule has 0 aliphatic rings. The normalized spacial score (nSPS) is 10.4. The van der Waals surface area contributed by atoms with Gasteiger partial charge in [-0.15, -0.1) is 0 Å². The van der Waals surface area contributed by atoms with E-state index in [1.807, 2.05) is 62.4 Å². The van der Waals surface area contributed by atoms with Crippen LogP contribution >= 0.6 is 0 Å². The van der Waals surface area contributed by atoms with Gasteiger partial charge in [-0.05, 0) is 47.4 Å². The second kappa shape index (κ2) is 9.55. The summed E-state index contributed by atoms with van der Waals surface area (Å²) in [4.78, 5) is 24.5. The molecular formula is C24H24N2O3. The first-order chi connectivity index (χ1) is 14.0. The van der Waals surface area contributed by atoms with Crippen molar-refractivity contribution in [1.82, 2.24) is 0 Å². The average Bonchev–Trinajstić information content (AvgIpc) is 2.74. The summed E-state index contributed by atoms with van der Waals surface area (Å²) in [6.45, 7) is 4.53. The second-order valence-corrected chi connectivity index (χ2v) is 6.95. The molecule has 0 radical (unpaired) electrons. The van der Waals surface area contributed by atoms with Gasteiger partial charge in [0.25, 0.3) is 0 Å². The summed E-state index contributed by atoms with van der Waals surface area (Å²) in [5.74, 6) is -0.510. The Morgan fingerprint density at radius 3 is 2.10 bits per heavy atom. The minimum absolute atomic E-state index is 0.234. The van der Waals surface area contributed by atoms with Crippen LogP contribution in [0.15, 0.2) is 78.9 Å². The van der Waals surface area contributed by atoms with Crippen molar-refractivity contribution in [3.8, 4) is 5.75 Å². The number of ether oxygens (including phenoxy) is 1. The van der Waals surface area contributed by atoms with Crippen LogP contribution < -0.4 is 15.4 Å². The van der Waals surface area contributed by atoms with Gasteiger partial charge in [-0.1, -0.05) is 62.4 Å². The maximum Gasteiger partial charge on any atom is 0.314 e. The van der Waals surface area contributed by atoms with E-state index in [0.717, 1.165) is 11.1 Å². The summed E-state index contributed by atoms with van der Waals surface area (Å²) in [6.07, 6.45) is 0. The maximum atomic E-state index is 12.3. The number of benzene rings is 3. The van der Waals surface area contributed by atoms with Crippen LogP contribution in [0, 0.1) is 0 Å². The molecule has 2 N–H and O–H groups in total. The van der Waals surface area contributed by atoms with Crippen LogP contribution in [0.2, 0.25) is 0 Å². The summed E-state index contributed by atoms with van der Waals surface area (Å²) in [5.41, 5.74) is 3.22. The van der Waals surface area contributed by atoms with E-state index in [1.54, 1.807) is 30.3 Å². The Hall–Kier alpha value is -3.60. The Kier molecular flexibility index (Phi) is 6.63. The first-order valence-electron chi connectivity index (χ1n) is 9.51. The number of hydrogen-bond acceptors (Lipinski definition) is 3. The fraction of sp³-hybridized carbons (Fsp3) is 0.167. The van der Waals surface area contributed by atoms with E-state index in [-0.39, 0.29) is 5.92 Å². The Morgan fingerprint density at radius 1 is 0.793 bits per heavy atom. The lowest BCUT2D eigenvalue weighted by molar-refractivity contribution is -0.133. The van der Waals surface area contributed by atoms with Gasteiger partial charge in [0.1, 0.15) is 12.4 Å². The van der Waals surface area contributed by atoms with Crippen LogP contribution in [0.1, 0.15) is 30.9 Å². The Balaban J connectivity index is 1.55. The van der Waals surface area contributed by atoms with Crippen LogP contribution in [0.4, 0.5) is 11.4 Å². The van der Waals surface area contributed by atoms with Crippen LogP contribution in [-0.4, -0.2) is 11.8 Å². The van der Waals surface area contributed by atoms with Crippen LogP contribution in [0.25, 0.3) is 0 Å². The summed E-state index contributed by atoms with van der Waals surface area (Å²) < 4.78 is 5.72. The number of rotatable bonds is 6. The van der Waals surface area contributed by atoms with Gasteiger partial charge < -0.3 is 15.4 Å². The predicted octanol–water partition coefficient (Wildman–Crippen LogP) is 4.97. The molecule has 0 spiro atoms. The molecule has 3 aromatic carbocycles. The van der Waals surface area contributed by atoms with Gasteiger partial charge in [-0.2, -0.15) is 0 Å². The van der Waals surface area contributed by atoms with Gasteiger partial charge in [-0.3, -0.25) is 9.59 Å². The molecule has 3 rings (SSSR count).